The number of nitrogens with one attached hydrogen (secondary N) is 2. The van der Waals surface area contributed by atoms with Gasteiger partial charge in [-0.2, -0.15) is 0 Å². The lowest BCUT2D eigenvalue weighted by Gasteiger charge is -2.33. The Kier molecular flexibility index (Phi) is 8.10. The summed E-state index contributed by atoms with van der Waals surface area (Å²) in [7, 11) is 2.01. The lowest BCUT2D eigenvalue weighted by atomic mass is 10.00. The summed E-state index contributed by atoms with van der Waals surface area (Å²) in [6.45, 7) is 1.31. The van der Waals surface area contributed by atoms with Crippen LogP contribution < -0.4 is 20.3 Å². The molecule has 4 heterocycles. The fourth-order valence-electron chi connectivity index (χ4n) is 5.83. The first-order valence-corrected chi connectivity index (χ1v) is 14.4. The molecular formula is C31H30F3N5O6. The number of alkyl halides is 3. The van der Waals surface area contributed by atoms with Crippen molar-refractivity contribution < 1.29 is 37.3 Å². The first kappa shape index (κ1) is 30.3. The highest BCUT2D eigenvalue weighted by molar-refractivity contribution is 6.22. The Balaban J connectivity index is 1.13. The average Bonchev–Trinajstić information content (AvgIpc) is 3.51. The van der Waals surface area contributed by atoms with Gasteiger partial charge < -0.3 is 29.8 Å². The third kappa shape index (κ3) is 6.42. The van der Waals surface area contributed by atoms with Crippen LogP contribution in [0.5, 0.6) is 11.5 Å². The predicted molar refractivity (Wildman–Crippen MR) is 158 cm³/mol. The molecule has 0 bridgehead atoms. The summed E-state index contributed by atoms with van der Waals surface area (Å²) in [5.41, 5.74) is 2.51. The number of ether oxygens (including phenoxy) is 2. The molecule has 2 amide bonds. The average molecular weight is 626 g/mol. The number of nitrogens with zero attached hydrogens (tertiary/aromatic N) is 3. The first-order chi connectivity index (χ1) is 21.5. The zero-order valence-corrected chi connectivity index (χ0v) is 24.2. The van der Waals surface area contributed by atoms with Crippen molar-refractivity contribution in [1.82, 2.24) is 14.8 Å². The van der Waals surface area contributed by atoms with Gasteiger partial charge in [-0.05, 0) is 68.9 Å². The van der Waals surface area contributed by atoms with Crippen LogP contribution >= 0.6 is 0 Å². The molecule has 0 aliphatic carbocycles. The number of aliphatic imine (C=N–C) groups is 1. The van der Waals surface area contributed by atoms with Crippen LogP contribution in [0.4, 0.5) is 24.5 Å². The lowest BCUT2D eigenvalue weighted by Crippen LogP contribution is -2.46. The molecule has 3 aromatic rings. The highest BCUT2D eigenvalue weighted by atomic mass is 19.4. The molecule has 0 spiro atoms. The third-order valence-electron chi connectivity index (χ3n) is 8.04. The maximum Gasteiger partial charge on any atom is 0.573 e. The number of benzene rings is 2. The second-order valence-electron chi connectivity index (χ2n) is 11.2. The summed E-state index contributed by atoms with van der Waals surface area (Å²) < 4.78 is 46.8. The van der Waals surface area contributed by atoms with Crippen LogP contribution in [0.1, 0.15) is 44.7 Å². The summed E-state index contributed by atoms with van der Waals surface area (Å²) in [5, 5.41) is 13.5. The Bertz CT molecular complexity index is 1730. The molecule has 236 valence electrons. The number of carbonyl (C=O) groups excluding carboxylic acids is 2. The highest BCUT2D eigenvalue weighted by Crippen LogP contribution is 2.37. The summed E-state index contributed by atoms with van der Waals surface area (Å²) >= 11 is 0. The number of anilines is 1. The van der Waals surface area contributed by atoms with Crippen molar-refractivity contribution in [2.24, 2.45) is 4.99 Å². The molecule has 3 aliphatic rings. The minimum absolute atomic E-state index is 0.0560. The van der Waals surface area contributed by atoms with Crippen LogP contribution in [0, 0.1) is 0 Å². The number of aliphatic hydroxyl groups is 1. The minimum atomic E-state index is -4.85. The van der Waals surface area contributed by atoms with Crippen molar-refractivity contribution >= 4 is 28.9 Å². The van der Waals surface area contributed by atoms with E-state index in [-0.39, 0.29) is 48.7 Å². The number of fused-ring (bicyclic) bond motifs is 2. The number of aromatic amines is 1. The van der Waals surface area contributed by atoms with E-state index < -0.39 is 23.8 Å². The molecule has 0 saturated carbocycles. The number of aromatic nitrogens is 1. The van der Waals surface area contributed by atoms with Crippen LogP contribution in [-0.4, -0.2) is 89.2 Å². The van der Waals surface area contributed by atoms with Crippen molar-refractivity contribution in [3.63, 3.8) is 0 Å². The zero-order valence-electron chi connectivity index (χ0n) is 24.2. The van der Waals surface area contributed by atoms with Crippen LogP contribution in [0.15, 0.2) is 58.4 Å². The van der Waals surface area contributed by atoms with Gasteiger partial charge in [0.1, 0.15) is 24.2 Å². The standard InChI is InChI=1S/C31H30F3N5O6/c1-38-9-6-18(7-10-38)39-29(42)22-11-17-12-26(37-25(17)14-23(22)30(39)43)27-24(5-8-35-28(27)41)36-15-19(40)16-44-20-3-2-4-21(13-20)45-31(32,33)34/h2-5,8,11,13-14,18-19,40H,6-7,9-10,12,15-16H2,1H3,(H2,35,36,41). The van der Waals surface area contributed by atoms with E-state index in [1.807, 2.05) is 7.05 Å². The Hall–Kier alpha value is -4.69. The molecule has 6 rings (SSSR count). The molecule has 2 aromatic carbocycles. The molecule has 1 aromatic heterocycles. The number of imide groups is 1. The van der Waals surface area contributed by atoms with Crippen LogP contribution in [0.2, 0.25) is 0 Å². The van der Waals surface area contributed by atoms with Gasteiger partial charge in [0.05, 0.1) is 33.8 Å². The lowest BCUT2D eigenvalue weighted by molar-refractivity contribution is -0.274. The van der Waals surface area contributed by atoms with Gasteiger partial charge >= 0.3 is 6.36 Å². The van der Waals surface area contributed by atoms with Gasteiger partial charge in [-0.1, -0.05) is 6.07 Å². The van der Waals surface area contributed by atoms with Crippen molar-refractivity contribution in [3.05, 3.63) is 81.3 Å². The van der Waals surface area contributed by atoms with E-state index in [1.165, 1.54) is 23.2 Å². The second-order valence-corrected chi connectivity index (χ2v) is 11.2. The molecule has 1 saturated heterocycles. The largest absolute Gasteiger partial charge is 0.573 e. The monoisotopic (exact) mass is 625 g/mol. The predicted octanol–water partition coefficient (Wildman–Crippen LogP) is 3.49. The maximum absolute atomic E-state index is 13.3. The van der Waals surface area contributed by atoms with E-state index in [0.29, 0.717) is 28.2 Å². The normalized spacial score (nSPS) is 17.6. The fourth-order valence-corrected chi connectivity index (χ4v) is 5.83. The minimum Gasteiger partial charge on any atom is -0.491 e. The Labute approximate surface area is 255 Å². The summed E-state index contributed by atoms with van der Waals surface area (Å²) in [5.74, 6) is -1.01. The van der Waals surface area contributed by atoms with Crippen LogP contribution in [0.25, 0.3) is 0 Å². The van der Waals surface area contributed by atoms with Gasteiger partial charge in [-0.25, -0.2) is 0 Å². The summed E-state index contributed by atoms with van der Waals surface area (Å²) in [6, 6.07) is 9.72. The van der Waals surface area contributed by atoms with Gasteiger partial charge in [0, 0.05) is 31.3 Å². The number of hydrogen-bond donors (Lipinski definition) is 3. The number of piperidine rings is 1. The van der Waals surface area contributed by atoms with Crippen molar-refractivity contribution in [3.8, 4) is 11.5 Å². The van der Waals surface area contributed by atoms with Crippen LogP contribution in [0.3, 0.4) is 0 Å². The molecular weight excluding hydrogens is 595 g/mol. The summed E-state index contributed by atoms with van der Waals surface area (Å²) in [4.78, 5) is 50.4. The Morgan fingerprint density at radius 1 is 1.07 bits per heavy atom. The highest BCUT2D eigenvalue weighted by Gasteiger charge is 2.42. The number of hydrogen-bond acceptors (Lipinski definition) is 9. The summed E-state index contributed by atoms with van der Waals surface area (Å²) in [6.07, 6.45) is -2.80. The van der Waals surface area contributed by atoms with Gasteiger partial charge in [-0.3, -0.25) is 24.3 Å². The fraction of sp³-hybridized carbons (Fsp3) is 0.355. The van der Waals surface area contributed by atoms with E-state index in [1.54, 1.807) is 18.2 Å². The number of rotatable bonds is 9. The van der Waals surface area contributed by atoms with Crippen molar-refractivity contribution in [1.29, 1.82) is 0 Å². The van der Waals surface area contributed by atoms with Gasteiger partial charge in [0.2, 0.25) is 0 Å². The van der Waals surface area contributed by atoms with E-state index >= 15 is 0 Å². The number of pyridine rings is 1. The quantitative estimate of drug-likeness (QED) is 0.308. The Morgan fingerprint density at radius 2 is 1.78 bits per heavy atom. The molecule has 1 atom stereocenters. The van der Waals surface area contributed by atoms with E-state index in [2.05, 4.69) is 24.9 Å². The Morgan fingerprint density at radius 3 is 2.51 bits per heavy atom. The molecule has 1 fully saturated rings. The maximum atomic E-state index is 13.3. The SMILES string of the molecule is CN1CCC(N2C(=O)c3cc4c(cc3C2=O)N=C(c2c(NCC(O)COc3cccc(OC(F)(F)F)c3)cc[nH]c2=O)C4)CC1. The number of carbonyl (C=O) groups is 2. The zero-order chi connectivity index (χ0) is 31.9. The molecule has 14 heteroatoms. The number of likely N-dealkylation sites (tertiary alicyclic amines) is 1. The molecule has 3 aliphatic heterocycles. The van der Waals surface area contributed by atoms with E-state index in [0.717, 1.165) is 43.6 Å². The van der Waals surface area contributed by atoms with Gasteiger partial charge in [0.25, 0.3) is 17.4 Å². The number of aliphatic hydroxyl groups excluding tert-OH is 1. The third-order valence-corrected chi connectivity index (χ3v) is 8.04. The van der Waals surface area contributed by atoms with Crippen molar-refractivity contribution in [2.45, 2.75) is 37.8 Å². The molecule has 11 nitrogen and oxygen atoms in total. The molecule has 45 heavy (non-hydrogen) atoms. The topological polar surface area (TPSA) is 137 Å². The second kappa shape index (κ2) is 12.0. The van der Waals surface area contributed by atoms with Gasteiger partial charge in [0.15, 0.2) is 0 Å². The molecule has 1 unspecified atom stereocenters. The number of H-pyrrole nitrogens is 1. The van der Waals surface area contributed by atoms with Gasteiger partial charge in [-0.15, -0.1) is 13.2 Å². The number of amides is 2. The van der Waals surface area contributed by atoms with E-state index in [4.69, 9.17) is 4.74 Å². The van der Waals surface area contributed by atoms with E-state index in [9.17, 15) is 32.7 Å². The van der Waals surface area contributed by atoms with Crippen LogP contribution in [-0.2, 0) is 6.42 Å². The first-order valence-electron chi connectivity index (χ1n) is 14.4. The molecule has 3 N–H and O–H groups in total. The number of halogens is 3. The van der Waals surface area contributed by atoms with Crippen molar-refractivity contribution in [2.75, 3.05) is 38.6 Å². The molecule has 0 radical (unpaired) electrons. The smallest absolute Gasteiger partial charge is 0.491 e.